The fraction of sp³-hybridized carbons (Fsp3) is 0.176. The molecule has 2 aromatic rings. The van der Waals surface area contributed by atoms with Gasteiger partial charge in [-0.25, -0.2) is 0 Å². The van der Waals surface area contributed by atoms with Crippen LogP contribution in [-0.4, -0.2) is 25.3 Å². The summed E-state index contributed by atoms with van der Waals surface area (Å²) in [4.78, 5) is 23.7. The standard InChI is InChI=1S/C17H13Cl2NO5/c18-11-2-1-10(13(19)6-11)5-17(22)23-8-16(21)20-12-3-4-14-15(7-12)25-9-24-14/h1-4,6-7H,5,8-9H2,(H,20,21). The third-order valence-corrected chi connectivity index (χ3v) is 3.96. The van der Waals surface area contributed by atoms with E-state index in [0.29, 0.717) is 32.8 Å². The molecular weight excluding hydrogens is 369 g/mol. The number of ether oxygens (including phenoxy) is 3. The van der Waals surface area contributed by atoms with Crippen LogP contribution >= 0.6 is 23.2 Å². The van der Waals surface area contributed by atoms with Crippen molar-refractivity contribution in [1.29, 1.82) is 0 Å². The Kier molecular flexibility index (Phi) is 5.31. The van der Waals surface area contributed by atoms with Crippen molar-refractivity contribution in [2.45, 2.75) is 6.42 Å². The van der Waals surface area contributed by atoms with E-state index in [-0.39, 0.29) is 13.2 Å². The van der Waals surface area contributed by atoms with E-state index in [4.69, 9.17) is 37.4 Å². The van der Waals surface area contributed by atoms with Gasteiger partial charge in [-0.1, -0.05) is 29.3 Å². The van der Waals surface area contributed by atoms with Gasteiger partial charge in [-0.15, -0.1) is 0 Å². The highest BCUT2D eigenvalue weighted by Gasteiger charge is 2.15. The molecule has 130 valence electrons. The Morgan fingerprint density at radius 3 is 2.68 bits per heavy atom. The first-order valence-corrected chi connectivity index (χ1v) is 8.06. The average molecular weight is 382 g/mol. The first-order chi connectivity index (χ1) is 12.0. The number of carbonyl (C=O) groups excluding carboxylic acids is 2. The van der Waals surface area contributed by atoms with Crippen molar-refractivity contribution in [3.63, 3.8) is 0 Å². The van der Waals surface area contributed by atoms with Gasteiger partial charge in [0, 0.05) is 21.8 Å². The van der Waals surface area contributed by atoms with Crippen molar-refractivity contribution in [2.24, 2.45) is 0 Å². The molecule has 1 aliphatic rings. The maximum atomic E-state index is 11.9. The van der Waals surface area contributed by atoms with Gasteiger partial charge >= 0.3 is 5.97 Å². The van der Waals surface area contributed by atoms with Crippen molar-refractivity contribution in [3.8, 4) is 11.5 Å². The number of hydrogen-bond acceptors (Lipinski definition) is 5. The van der Waals surface area contributed by atoms with Crippen LogP contribution in [0.1, 0.15) is 5.56 Å². The number of nitrogens with one attached hydrogen (secondary N) is 1. The van der Waals surface area contributed by atoms with E-state index in [0.717, 1.165) is 0 Å². The van der Waals surface area contributed by atoms with Crippen molar-refractivity contribution in [2.75, 3.05) is 18.7 Å². The molecule has 3 rings (SSSR count). The maximum absolute atomic E-state index is 11.9. The predicted octanol–water partition coefficient (Wildman–Crippen LogP) is 3.45. The second-order valence-corrected chi connectivity index (χ2v) is 6.03. The SMILES string of the molecule is O=C(COC(=O)Cc1ccc(Cl)cc1Cl)Nc1ccc2c(c1)OCO2. The Bertz CT molecular complexity index is 825. The minimum atomic E-state index is -0.565. The number of halogens is 2. The monoisotopic (exact) mass is 381 g/mol. The lowest BCUT2D eigenvalue weighted by Crippen LogP contribution is -2.21. The Hall–Kier alpha value is -2.44. The highest BCUT2D eigenvalue weighted by Crippen LogP contribution is 2.34. The number of benzene rings is 2. The van der Waals surface area contributed by atoms with Crippen LogP contribution in [0.15, 0.2) is 36.4 Å². The fourth-order valence-electron chi connectivity index (χ4n) is 2.19. The molecule has 6 nitrogen and oxygen atoms in total. The molecule has 0 aliphatic carbocycles. The Morgan fingerprint density at radius 2 is 1.88 bits per heavy atom. The molecule has 0 bridgehead atoms. The van der Waals surface area contributed by atoms with Gasteiger partial charge in [-0.2, -0.15) is 0 Å². The van der Waals surface area contributed by atoms with Gasteiger partial charge in [0.25, 0.3) is 5.91 Å². The summed E-state index contributed by atoms with van der Waals surface area (Å²) in [6.07, 6.45) is -0.0483. The second-order valence-electron chi connectivity index (χ2n) is 5.19. The molecule has 0 saturated heterocycles. The van der Waals surface area contributed by atoms with E-state index in [1.807, 2.05) is 0 Å². The average Bonchev–Trinajstić information content (AvgIpc) is 3.03. The molecule has 0 unspecified atom stereocenters. The molecule has 25 heavy (non-hydrogen) atoms. The number of amides is 1. The van der Waals surface area contributed by atoms with Crippen LogP contribution in [0, 0.1) is 0 Å². The normalized spacial score (nSPS) is 11.9. The van der Waals surface area contributed by atoms with Crippen molar-refractivity contribution >= 4 is 40.8 Å². The summed E-state index contributed by atoms with van der Waals surface area (Å²) in [5.41, 5.74) is 1.10. The van der Waals surface area contributed by atoms with Gasteiger partial charge in [0.15, 0.2) is 18.1 Å². The quantitative estimate of drug-likeness (QED) is 0.802. The molecule has 0 aromatic heterocycles. The van der Waals surface area contributed by atoms with Crippen LogP contribution in [0.2, 0.25) is 10.0 Å². The van der Waals surface area contributed by atoms with Crippen molar-refractivity contribution < 1.29 is 23.8 Å². The summed E-state index contributed by atoms with van der Waals surface area (Å²) in [5.74, 6) is 0.135. The molecule has 0 spiro atoms. The zero-order valence-electron chi connectivity index (χ0n) is 12.9. The van der Waals surface area contributed by atoms with Crippen LogP contribution in [0.25, 0.3) is 0 Å². The van der Waals surface area contributed by atoms with E-state index in [1.165, 1.54) is 6.07 Å². The third kappa shape index (κ3) is 4.55. The summed E-state index contributed by atoms with van der Waals surface area (Å²) in [7, 11) is 0. The molecule has 0 saturated carbocycles. The number of hydrogen-bond donors (Lipinski definition) is 1. The topological polar surface area (TPSA) is 73.9 Å². The predicted molar refractivity (Wildman–Crippen MR) is 92.3 cm³/mol. The number of anilines is 1. The summed E-state index contributed by atoms with van der Waals surface area (Å²) in [6.45, 7) is -0.254. The van der Waals surface area contributed by atoms with E-state index >= 15 is 0 Å². The van der Waals surface area contributed by atoms with Gasteiger partial charge in [0.05, 0.1) is 6.42 Å². The van der Waals surface area contributed by atoms with Crippen molar-refractivity contribution in [3.05, 3.63) is 52.0 Å². The van der Waals surface area contributed by atoms with Gasteiger partial charge in [0.1, 0.15) is 0 Å². The first kappa shape index (κ1) is 17.4. The Morgan fingerprint density at radius 1 is 1.08 bits per heavy atom. The van der Waals surface area contributed by atoms with Crippen LogP contribution in [0.4, 0.5) is 5.69 Å². The number of esters is 1. The van der Waals surface area contributed by atoms with Crippen LogP contribution < -0.4 is 14.8 Å². The lowest BCUT2D eigenvalue weighted by Gasteiger charge is -2.08. The molecule has 1 heterocycles. The smallest absolute Gasteiger partial charge is 0.310 e. The van der Waals surface area contributed by atoms with Crippen LogP contribution in [-0.2, 0) is 20.7 Å². The van der Waals surface area contributed by atoms with Gasteiger partial charge in [-0.3, -0.25) is 9.59 Å². The molecule has 0 radical (unpaired) electrons. The van der Waals surface area contributed by atoms with E-state index in [2.05, 4.69) is 5.32 Å². The highest BCUT2D eigenvalue weighted by molar-refractivity contribution is 6.35. The van der Waals surface area contributed by atoms with Gasteiger partial charge in [-0.05, 0) is 29.8 Å². The molecule has 1 amide bonds. The molecule has 0 atom stereocenters. The summed E-state index contributed by atoms with van der Waals surface area (Å²) < 4.78 is 15.4. The number of fused-ring (bicyclic) bond motifs is 1. The first-order valence-electron chi connectivity index (χ1n) is 7.30. The van der Waals surface area contributed by atoms with Gasteiger partial charge < -0.3 is 19.5 Å². The van der Waals surface area contributed by atoms with E-state index in [9.17, 15) is 9.59 Å². The second kappa shape index (κ2) is 7.63. The van der Waals surface area contributed by atoms with Gasteiger partial charge in [0.2, 0.25) is 6.79 Å². The molecule has 1 N–H and O–H groups in total. The summed E-state index contributed by atoms with van der Waals surface area (Å²) >= 11 is 11.8. The maximum Gasteiger partial charge on any atom is 0.310 e. The summed E-state index contributed by atoms with van der Waals surface area (Å²) in [5, 5.41) is 3.46. The molecule has 8 heteroatoms. The summed E-state index contributed by atoms with van der Waals surface area (Å²) in [6, 6.07) is 9.79. The molecular formula is C17H13Cl2NO5. The highest BCUT2D eigenvalue weighted by atomic mass is 35.5. The zero-order valence-corrected chi connectivity index (χ0v) is 14.4. The van der Waals surface area contributed by atoms with Crippen LogP contribution in [0.3, 0.4) is 0 Å². The minimum Gasteiger partial charge on any atom is -0.455 e. The largest absolute Gasteiger partial charge is 0.455 e. The Labute approximate surface area is 153 Å². The Balaban J connectivity index is 1.49. The van der Waals surface area contributed by atoms with E-state index in [1.54, 1.807) is 30.3 Å². The number of carbonyl (C=O) groups is 2. The third-order valence-electron chi connectivity index (χ3n) is 3.37. The molecule has 0 fully saturated rings. The lowest BCUT2D eigenvalue weighted by molar-refractivity contribution is -0.146. The zero-order chi connectivity index (χ0) is 17.8. The minimum absolute atomic E-state index is 0.0483. The van der Waals surface area contributed by atoms with Crippen molar-refractivity contribution in [1.82, 2.24) is 0 Å². The number of rotatable bonds is 5. The fourth-order valence-corrected chi connectivity index (χ4v) is 2.66. The van der Waals surface area contributed by atoms with Crippen LogP contribution in [0.5, 0.6) is 11.5 Å². The lowest BCUT2D eigenvalue weighted by atomic mass is 10.1. The van der Waals surface area contributed by atoms with E-state index < -0.39 is 18.5 Å². The molecule has 1 aliphatic heterocycles. The molecule has 2 aromatic carbocycles.